The van der Waals surface area contributed by atoms with Crippen LogP contribution in [0.25, 0.3) is 21.9 Å². The number of aliphatic hydroxyl groups excluding tert-OH is 1. The molecular weight excluding hydrogens is 508 g/mol. The number of hydrogen-bond acceptors (Lipinski definition) is 4. The van der Waals surface area contributed by atoms with E-state index in [-0.39, 0.29) is 25.3 Å². The molecule has 0 aliphatic carbocycles. The van der Waals surface area contributed by atoms with Gasteiger partial charge in [-0.3, -0.25) is 18.7 Å². The van der Waals surface area contributed by atoms with E-state index in [1.165, 1.54) is 4.57 Å². The van der Waals surface area contributed by atoms with Crippen LogP contribution in [0.15, 0.2) is 71.7 Å². The summed E-state index contributed by atoms with van der Waals surface area (Å²) in [7, 11) is 0. The van der Waals surface area contributed by atoms with Gasteiger partial charge >= 0.3 is 11.7 Å². The number of aliphatic hydroxyl groups is 1. The third kappa shape index (κ3) is 4.80. The molecule has 5 rings (SSSR count). The molecule has 3 aromatic carbocycles. The predicted molar refractivity (Wildman–Crippen MR) is 154 cm³/mol. The third-order valence-corrected chi connectivity index (χ3v) is 7.42. The highest BCUT2D eigenvalue weighted by molar-refractivity contribution is 5.97. The summed E-state index contributed by atoms with van der Waals surface area (Å²) < 4.78 is 3.16. The Morgan fingerprint density at radius 3 is 2.45 bits per heavy atom. The Morgan fingerprint density at radius 1 is 1.00 bits per heavy atom. The zero-order valence-electron chi connectivity index (χ0n) is 22.6. The van der Waals surface area contributed by atoms with Crippen LogP contribution in [0.4, 0.5) is 0 Å². The number of rotatable bonds is 9. The number of fused-ring (bicyclic) bond motifs is 2. The number of carboxylic acid groups (broad SMARTS) is 1. The van der Waals surface area contributed by atoms with Gasteiger partial charge < -0.3 is 20.5 Å². The number of imidazole rings is 1. The van der Waals surface area contributed by atoms with Gasteiger partial charge in [-0.1, -0.05) is 36.4 Å². The van der Waals surface area contributed by atoms with Crippen molar-refractivity contribution in [1.82, 2.24) is 19.4 Å². The lowest BCUT2D eigenvalue weighted by atomic mass is 10.0. The molecule has 0 aliphatic heterocycles. The molecule has 0 bridgehead atoms. The van der Waals surface area contributed by atoms with Crippen molar-refractivity contribution in [3.63, 3.8) is 0 Å². The summed E-state index contributed by atoms with van der Waals surface area (Å²) in [6.45, 7) is 5.91. The van der Waals surface area contributed by atoms with Crippen molar-refractivity contribution in [1.29, 1.82) is 0 Å². The average Bonchev–Trinajstić information content (AvgIpc) is 3.48. The Balaban J connectivity index is 1.77. The minimum atomic E-state index is -1.05. The quantitative estimate of drug-likeness (QED) is 0.222. The van der Waals surface area contributed by atoms with Gasteiger partial charge in [-0.15, -0.1) is 0 Å². The number of aromatic amines is 1. The van der Waals surface area contributed by atoms with Gasteiger partial charge in [0.15, 0.2) is 0 Å². The lowest BCUT2D eigenvalue weighted by molar-refractivity contribution is -0.137. The Bertz CT molecular complexity index is 1780. The van der Waals surface area contributed by atoms with E-state index < -0.39 is 24.0 Å². The van der Waals surface area contributed by atoms with E-state index in [1.807, 2.05) is 45.2 Å². The summed E-state index contributed by atoms with van der Waals surface area (Å²) in [5.74, 6) is -1.44. The molecule has 1 unspecified atom stereocenters. The van der Waals surface area contributed by atoms with Gasteiger partial charge in [0.25, 0.3) is 5.91 Å². The van der Waals surface area contributed by atoms with E-state index in [0.29, 0.717) is 22.2 Å². The third-order valence-electron chi connectivity index (χ3n) is 7.42. The molecule has 9 heteroatoms. The summed E-state index contributed by atoms with van der Waals surface area (Å²) in [5, 5.41) is 22.7. The average molecular weight is 541 g/mol. The van der Waals surface area contributed by atoms with Crippen LogP contribution in [0.2, 0.25) is 0 Å². The summed E-state index contributed by atoms with van der Waals surface area (Å²) in [5.41, 5.74) is 5.78. The highest BCUT2D eigenvalue weighted by Gasteiger charge is 2.28. The SMILES string of the molecule is Cc1cc(C)c2c(C(C)n3c(=O)n([C@H](CC(=O)O)c4ccccc4)c4cc(C(=O)NCCO)ccc43)c[nH]c2c1. The minimum Gasteiger partial charge on any atom is -0.481 e. The first kappa shape index (κ1) is 27.0. The molecule has 0 saturated heterocycles. The van der Waals surface area contributed by atoms with Crippen LogP contribution in [0, 0.1) is 13.8 Å². The molecule has 0 fully saturated rings. The van der Waals surface area contributed by atoms with Crippen molar-refractivity contribution in [2.24, 2.45) is 0 Å². The Hall–Kier alpha value is -4.63. The molecule has 2 atom stereocenters. The van der Waals surface area contributed by atoms with E-state index in [1.54, 1.807) is 34.9 Å². The number of nitrogens with zero attached hydrogens (tertiary/aromatic N) is 2. The number of benzene rings is 3. The molecule has 0 radical (unpaired) electrons. The first-order chi connectivity index (χ1) is 19.2. The standard InChI is InChI=1S/C31H32N4O5/c1-18-13-19(2)29-23(17-33-24(29)14-18)20(3)34-25-10-9-22(30(39)32-11-12-36)15-27(25)35(31(34)40)26(16-28(37)38)21-7-5-4-6-8-21/h4-10,13-15,17,20,26,33,36H,11-12,16H2,1-3H3,(H,32,39)(H,37,38)/t20?,26-/m1/s1. The van der Waals surface area contributed by atoms with E-state index >= 15 is 0 Å². The van der Waals surface area contributed by atoms with Crippen LogP contribution in [-0.4, -0.2) is 49.4 Å². The monoisotopic (exact) mass is 540 g/mol. The van der Waals surface area contributed by atoms with Crippen molar-refractivity contribution in [2.45, 2.75) is 39.3 Å². The molecular formula is C31H32N4O5. The van der Waals surface area contributed by atoms with Crippen LogP contribution in [-0.2, 0) is 4.79 Å². The molecule has 4 N–H and O–H groups in total. The maximum atomic E-state index is 14.3. The van der Waals surface area contributed by atoms with Gasteiger partial charge in [0, 0.05) is 34.8 Å². The molecule has 206 valence electrons. The van der Waals surface area contributed by atoms with E-state index in [9.17, 15) is 19.5 Å². The van der Waals surface area contributed by atoms with Crippen molar-refractivity contribution in [3.05, 3.63) is 105 Å². The molecule has 0 aliphatic rings. The van der Waals surface area contributed by atoms with Crippen LogP contribution < -0.4 is 11.0 Å². The normalized spacial score (nSPS) is 13.0. The fraction of sp³-hybridized carbons (Fsp3) is 0.258. The number of carbonyl (C=O) groups excluding carboxylic acids is 1. The summed E-state index contributed by atoms with van der Waals surface area (Å²) in [6.07, 6.45) is 1.60. The van der Waals surface area contributed by atoms with Crippen molar-refractivity contribution >= 4 is 33.8 Å². The van der Waals surface area contributed by atoms with Gasteiger partial charge in [-0.05, 0) is 61.7 Å². The Labute approximate surface area is 230 Å². The summed E-state index contributed by atoms with van der Waals surface area (Å²) in [4.78, 5) is 42.5. The molecule has 5 aromatic rings. The van der Waals surface area contributed by atoms with Gasteiger partial charge in [-0.2, -0.15) is 0 Å². The number of H-pyrrole nitrogens is 1. The van der Waals surface area contributed by atoms with Crippen LogP contribution in [0.5, 0.6) is 0 Å². The number of nitrogens with one attached hydrogen (secondary N) is 2. The second-order valence-corrected chi connectivity index (χ2v) is 10.2. The lowest BCUT2D eigenvalue weighted by Crippen LogP contribution is -2.31. The zero-order valence-corrected chi connectivity index (χ0v) is 22.6. The minimum absolute atomic E-state index is 0.0900. The molecule has 2 aromatic heterocycles. The van der Waals surface area contributed by atoms with Gasteiger partial charge in [0.1, 0.15) is 0 Å². The van der Waals surface area contributed by atoms with Crippen LogP contribution in [0.1, 0.15) is 58.0 Å². The summed E-state index contributed by atoms with van der Waals surface area (Å²) >= 11 is 0. The number of amides is 1. The molecule has 2 heterocycles. The second-order valence-electron chi connectivity index (χ2n) is 10.2. The smallest absolute Gasteiger partial charge is 0.330 e. The first-order valence-electron chi connectivity index (χ1n) is 13.2. The topological polar surface area (TPSA) is 129 Å². The maximum Gasteiger partial charge on any atom is 0.330 e. The van der Waals surface area contributed by atoms with Crippen LogP contribution >= 0.6 is 0 Å². The van der Waals surface area contributed by atoms with E-state index in [2.05, 4.69) is 22.4 Å². The second kappa shape index (κ2) is 10.9. The number of carbonyl (C=O) groups is 2. The molecule has 9 nitrogen and oxygen atoms in total. The van der Waals surface area contributed by atoms with E-state index in [0.717, 1.165) is 27.6 Å². The van der Waals surface area contributed by atoms with Crippen molar-refractivity contribution in [3.8, 4) is 0 Å². The first-order valence-corrected chi connectivity index (χ1v) is 13.2. The van der Waals surface area contributed by atoms with Gasteiger partial charge in [0.2, 0.25) is 0 Å². The Kier molecular flexibility index (Phi) is 7.32. The number of aromatic nitrogens is 3. The van der Waals surface area contributed by atoms with Gasteiger partial charge in [-0.25, -0.2) is 4.79 Å². The van der Waals surface area contributed by atoms with Crippen molar-refractivity contribution < 1.29 is 19.8 Å². The number of hydrogen-bond donors (Lipinski definition) is 4. The summed E-state index contributed by atoms with van der Waals surface area (Å²) in [6, 6.07) is 17.0. The van der Waals surface area contributed by atoms with Crippen LogP contribution in [0.3, 0.4) is 0 Å². The molecule has 1 amide bonds. The fourth-order valence-electron chi connectivity index (χ4n) is 5.69. The molecule has 0 spiro atoms. The lowest BCUT2D eigenvalue weighted by Gasteiger charge is -2.18. The number of carboxylic acids is 1. The maximum absolute atomic E-state index is 14.3. The number of aryl methyl sites for hydroxylation is 2. The fourth-order valence-corrected chi connectivity index (χ4v) is 5.69. The number of aliphatic carboxylic acids is 1. The van der Waals surface area contributed by atoms with E-state index in [4.69, 9.17) is 5.11 Å². The van der Waals surface area contributed by atoms with Crippen molar-refractivity contribution in [2.75, 3.05) is 13.2 Å². The zero-order chi connectivity index (χ0) is 28.6. The highest BCUT2D eigenvalue weighted by atomic mass is 16.4. The predicted octanol–water partition coefficient (Wildman–Crippen LogP) is 4.30. The highest BCUT2D eigenvalue weighted by Crippen LogP contribution is 2.33. The molecule has 0 saturated carbocycles. The largest absolute Gasteiger partial charge is 0.481 e. The van der Waals surface area contributed by atoms with Gasteiger partial charge in [0.05, 0.1) is 36.1 Å². The molecule has 40 heavy (non-hydrogen) atoms. The Morgan fingerprint density at radius 2 is 1.75 bits per heavy atom.